The fourth-order valence-corrected chi connectivity index (χ4v) is 3.08. The maximum Gasteiger partial charge on any atom is 0.263 e. The van der Waals surface area contributed by atoms with Crippen molar-refractivity contribution in [2.75, 3.05) is 19.5 Å². The first-order chi connectivity index (χ1) is 13.9. The summed E-state index contributed by atoms with van der Waals surface area (Å²) in [5.41, 5.74) is 1.96. The molecular formula is C21H24N4O4. The van der Waals surface area contributed by atoms with E-state index in [0.717, 1.165) is 5.56 Å². The maximum atomic E-state index is 12.9. The van der Waals surface area contributed by atoms with Crippen LogP contribution in [0, 0.1) is 6.92 Å². The first kappa shape index (κ1) is 20.2. The van der Waals surface area contributed by atoms with Crippen LogP contribution in [0.2, 0.25) is 0 Å². The molecule has 0 fully saturated rings. The number of rotatable bonds is 7. The number of anilines is 1. The third-order valence-electron chi connectivity index (χ3n) is 4.65. The monoisotopic (exact) mass is 396 g/mol. The van der Waals surface area contributed by atoms with Gasteiger partial charge in [-0.1, -0.05) is 6.07 Å². The molecule has 0 spiro atoms. The number of carbonyl (C=O) groups excluding carboxylic acids is 1. The number of aromatic nitrogens is 3. The van der Waals surface area contributed by atoms with E-state index in [4.69, 9.17) is 9.47 Å². The van der Waals surface area contributed by atoms with Crippen LogP contribution < -0.4 is 20.3 Å². The third kappa shape index (κ3) is 4.48. The molecule has 0 saturated carbocycles. The Hall–Kier alpha value is -3.55. The zero-order valence-corrected chi connectivity index (χ0v) is 16.9. The number of hydrogen-bond donors (Lipinski definition) is 1. The maximum absolute atomic E-state index is 12.9. The number of ether oxygens (including phenoxy) is 2. The number of carbonyl (C=O) groups is 1. The van der Waals surface area contributed by atoms with Gasteiger partial charge in [-0.3, -0.25) is 14.3 Å². The summed E-state index contributed by atoms with van der Waals surface area (Å²) < 4.78 is 13.7. The highest BCUT2D eigenvalue weighted by atomic mass is 16.5. The standard InChI is InChI=1S/C21H24N4O4/c1-14-7-9-25(10-8-15-5-6-17(28-3)18(11-15)29-4)21(27)19(14)20(26)23-16-12-22-24(2)13-16/h5-7,9,11-13H,8,10H2,1-4H3,(H,23,26). The van der Waals surface area contributed by atoms with Gasteiger partial charge in [0.15, 0.2) is 11.5 Å². The van der Waals surface area contributed by atoms with Gasteiger partial charge < -0.3 is 19.4 Å². The van der Waals surface area contributed by atoms with Gasteiger partial charge in [-0.15, -0.1) is 0 Å². The van der Waals surface area contributed by atoms with E-state index in [1.165, 1.54) is 6.20 Å². The molecule has 8 nitrogen and oxygen atoms in total. The number of methoxy groups -OCH3 is 2. The lowest BCUT2D eigenvalue weighted by atomic mass is 10.1. The molecule has 0 radical (unpaired) electrons. The molecule has 0 aliphatic rings. The molecule has 0 unspecified atom stereocenters. The number of hydrogen-bond acceptors (Lipinski definition) is 5. The van der Waals surface area contributed by atoms with Crippen LogP contribution in [0.25, 0.3) is 0 Å². The van der Waals surface area contributed by atoms with Crippen molar-refractivity contribution in [2.24, 2.45) is 7.05 Å². The molecule has 2 aromatic heterocycles. The zero-order chi connectivity index (χ0) is 21.0. The van der Waals surface area contributed by atoms with Gasteiger partial charge in [-0.25, -0.2) is 0 Å². The largest absolute Gasteiger partial charge is 0.493 e. The fourth-order valence-electron chi connectivity index (χ4n) is 3.08. The van der Waals surface area contributed by atoms with Crippen LogP contribution in [0.5, 0.6) is 11.5 Å². The number of nitrogens with one attached hydrogen (secondary N) is 1. The normalized spacial score (nSPS) is 10.6. The van der Waals surface area contributed by atoms with E-state index in [2.05, 4.69) is 10.4 Å². The first-order valence-corrected chi connectivity index (χ1v) is 9.14. The minimum absolute atomic E-state index is 0.128. The summed E-state index contributed by atoms with van der Waals surface area (Å²) in [7, 11) is 4.92. The minimum Gasteiger partial charge on any atom is -0.493 e. The van der Waals surface area contributed by atoms with Gasteiger partial charge in [-0.2, -0.15) is 5.10 Å². The summed E-state index contributed by atoms with van der Waals surface area (Å²) >= 11 is 0. The van der Waals surface area contributed by atoms with Gasteiger partial charge in [-0.05, 0) is 42.7 Å². The van der Waals surface area contributed by atoms with Crippen molar-refractivity contribution in [1.82, 2.24) is 14.3 Å². The summed E-state index contributed by atoms with van der Waals surface area (Å²) in [6.45, 7) is 2.18. The zero-order valence-electron chi connectivity index (χ0n) is 16.9. The number of aryl methyl sites for hydroxylation is 4. The predicted octanol–water partition coefficient (Wildman–Crippen LogP) is 2.40. The molecule has 1 amide bonds. The smallest absolute Gasteiger partial charge is 0.263 e. The van der Waals surface area contributed by atoms with E-state index in [1.807, 2.05) is 18.2 Å². The van der Waals surface area contributed by atoms with Gasteiger partial charge in [0.25, 0.3) is 11.5 Å². The summed E-state index contributed by atoms with van der Waals surface area (Å²) in [4.78, 5) is 25.6. The van der Waals surface area contributed by atoms with Crippen LogP contribution >= 0.6 is 0 Å². The molecule has 3 rings (SSSR count). The molecule has 1 aromatic carbocycles. The lowest BCUT2D eigenvalue weighted by Crippen LogP contribution is -2.30. The Morgan fingerprint density at radius 3 is 2.59 bits per heavy atom. The molecule has 0 aliphatic carbocycles. The predicted molar refractivity (Wildman–Crippen MR) is 110 cm³/mol. The van der Waals surface area contributed by atoms with Gasteiger partial charge in [0.1, 0.15) is 5.56 Å². The second kappa shape index (κ2) is 8.64. The van der Waals surface area contributed by atoms with Crippen LogP contribution in [-0.2, 0) is 20.0 Å². The van der Waals surface area contributed by atoms with E-state index in [0.29, 0.717) is 35.7 Å². The SMILES string of the molecule is COc1ccc(CCn2ccc(C)c(C(=O)Nc3cnn(C)c3)c2=O)cc1OC. The third-order valence-corrected chi connectivity index (χ3v) is 4.65. The lowest BCUT2D eigenvalue weighted by molar-refractivity contribution is 0.102. The highest BCUT2D eigenvalue weighted by Crippen LogP contribution is 2.27. The van der Waals surface area contributed by atoms with Crippen LogP contribution in [-0.4, -0.2) is 34.5 Å². The molecule has 152 valence electrons. The molecule has 29 heavy (non-hydrogen) atoms. The Bertz CT molecular complexity index is 1080. The topological polar surface area (TPSA) is 87.4 Å². The Morgan fingerprint density at radius 1 is 1.17 bits per heavy atom. The van der Waals surface area contributed by atoms with Crippen molar-refractivity contribution in [3.63, 3.8) is 0 Å². The van der Waals surface area contributed by atoms with Crippen molar-refractivity contribution in [2.45, 2.75) is 19.9 Å². The van der Waals surface area contributed by atoms with Crippen molar-refractivity contribution in [3.05, 3.63) is 69.9 Å². The molecule has 1 N–H and O–H groups in total. The van der Waals surface area contributed by atoms with E-state index < -0.39 is 5.91 Å². The molecule has 2 heterocycles. The van der Waals surface area contributed by atoms with Crippen molar-refractivity contribution in [1.29, 1.82) is 0 Å². The van der Waals surface area contributed by atoms with Crippen LogP contribution in [0.1, 0.15) is 21.5 Å². The van der Waals surface area contributed by atoms with E-state index in [9.17, 15) is 9.59 Å². The summed E-state index contributed by atoms with van der Waals surface area (Å²) in [6, 6.07) is 7.41. The molecular weight excluding hydrogens is 372 g/mol. The van der Waals surface area contributed by atoms with Crippen molar-refractivity contribution >= 4 is 11.6 Å². The summed E-state index contributed by atoms with van der Waals surface area (Å²) in [5.74, 6) is 0.844. The second-order valence-electron chi connectivity index (χ2n) is 6.67. The number of benzene rings is 1. The fraction of sp³-hybridized carbons (Fsp3) is 0.286. The second-order valence-corrected chi connectivity index (χ2v) is 6.67. The van der Waals surface area contributed by atoms with Crippen LogP contribution in [0.15, 0.2) is 47.7 Å². The number of amides is 1. The van der Waals surface area contributed by atoms with Gasteiger partial charge in [0.05, 0.1) is 26.1 Å². The molecule has 0 bridgehead atoms. The Balaban J connectivity index is 1.80. The van der Waals surface area contributed by atoms with E-state index in [1.54, 1.807) is 55.9 Å². The van der Waals surface area contributed by atoms with Crippen LogP contribution in [0.4, 0.5) is 5.69 Å². The quantitative estimate of drug-likeness (QED) is 0.663. The summed E-state index contributed by atoms with van der Waals surface area (Å²) in [5, 5.41) is 6.74. The van der Waals surface area contributed by atoms with E-state index >= 15 is 0 Å². The average molecular weight is 396 g/mol. The van der Waals surface area contributed by atoms with Crippen molar-refractivity contribution < 1.29 is 14.3 Å². The molecule has 0 atom stereocenters. The lowest BCUT2D eigenvalue weighted by Gasteiger charge is -2.12. The van der Waals surface area contributed by atoms with Gasteiger partial charge in [0, 0.05) is 26.0 Å². The Kier molecular flexibility index (Phi) is 6.01. The highest BCUT2D eigenvalue weighted by Gasteiger charge is 2.16. The van der Waals surface area contributed by atoms with E-state index in [-0.39, 0.29) is 11.1 Å². The molecule has 0 saturated heterocycles. The number of pyridine rings is 1. The molecule has 8 heteroatoms. The molecule has 0 aliphatic heterocycles. The highest BCUT2D eigenvalue weighted by molar-refractivity contribution is 6.04. The summed E-state index contributed by atoms with van der Waals surface area (Å²) in [6.07, 6.45) is 5.52. The van der Waals surface area contributed by atoms with Crippen molar-refractivity contribution in [3.8, 4) is 11.5 Å². The van der Waals surface area contributed by atoms with Gasteiger partial charge in [0.2, 0.25) is 0 Å². The Labute approximate surface area is 168 Å². The first-order valence-electron chi connectivity index (χ1n) is 9.14. The minimum atomic E-state index is -0.444. The average Bonchev–Trinajstić information content (AvgIpc) is 3.11. The van der Waals surface area contributed by atoms with Crippen LogP contribution in [0.3, 0.4) is 0 Å². The Morgan fingerprint density at radius 2 is 1.93 bits per heavy atom. The molecule has 3 aromatic rings. The van der Waals surface area contributed by atoms with Gasteiger partial charge >= 0.3 is 0 Å². The number of nitrogens with zero attached hydrogens (tertiary/aromatic N) is 3.